The van der Waals surface area contributed by atoms with Gasteiger partial charge in [-0.2, -0.15) is 0 Å². The summed E-state index contributed by atoms with van der Waals surface area (Å²) >= 11 is -3.22. The van der Waals surface area contributed by atoms with Crippen LogP contribution in [0.4, 0.5) is 0 Å². The van der Waals surface area contributed by atoms with Gasteiger partial charge >= 0.3 is 14.8 Å². The molecule has 0 aliphatic heterocycles. The first-order valence-corrected chi connectivity index (χ1v) is 10.4. The van der Waals surface area contributed by atoms with E-state index in [0.29, 0.717) is 5.75 Å². The van der Waals surface area contributed by atoms with Crippen LogP contribution in [0, 0.1) is 14.8 Å². The van der Waals surface area contributed by atoms with Crippen LogP contribution >= 0.6 is 0 Å². The van der Waals surface area contributed by atoms with Crippen molar-refractivity contribution in [2.75, 3.05) is 0 Å². The fourth-order valence-electron chi connectivity index (χ4n) is 2.53. The Morgan fingerprint density at radius 2 is 1.55 bits per heavy atom. The van der Waals surface area contributed by atoms with Crippen molar-refractivity contribution in [1.29, 1.82) is 0 Å². The Morgan fingerprint density at radius 3 is 2.14 bits per heavy atom. The minimum absolute atomic E-state index is 0.387. The van der Waals surface area contributed by atoms with Gasteiger partial charge in [-0.05, 0) is 25.0 Å². The molecule has 0 bridgehead atoms. The lowest BCUT2D eigenvalue weighted by atomic mass is 10.0. The van der Waals surface area contributed by atoms with Gasteiger partial charge in [-0.25, -0.2) is 0 Å². The quantitative estimate of drug-likeness (QED) is 0.498. The van der Waals surface area contributed by atoms with Crippen LogP contribution in [0.15, 0.2) is 18.3 Å². The van der Waals surface area contributed by atoms with Gasteiger partial charge < -0.3 is 8.40 Å². The molecular formula is C17H28BrNO3. The first kappa shape index (κ1) is 19.4. The fourth-order valence-corrected chi connectivity index (χ4v) is 3.11. The van der Waals surface area contributed by atoms with Gasteiger partial charge in [0.15, 0.2) is 0 Å². The molecule has 5 heteroatoms. The van der Waals surface area contributed by atoms with Crippen LogP contribution < -0.4 is 12.2 Å². The third-order valence-electron chi connectivity index (χ3n) is 3.76. The van der Waals surface area contributed by atoms with Gasteiger partial charge in [-0.15, -0.1) is 3.83 Å². The highest BCUT2D eigenvalue weighted by molar-refractivity contribution is 5.26. The standard InChI is InChI=1S/C17H28BrNO3/c1-2-3-4-5-6-7-8-9-10-11-13-16-17(22-18(20)21)14-12-15-19-16/h12,14-15H,2-11,13H2,1H3. The monoisotopic (exact) mass is 373 g/mol. The number of pyridine rings is 1. The van der Waals surface area contributed by atoms with Gasteiger partial charge in [0.1, 0.15) is 0 Å². The average molecular weight is 374 g/mol. The van der Waals surface area contributed by atoms with E-state index in [9.17, 15) is 8.40 Å². The first-order valence-electron chi connectivity index (χ1n) is 8.41. The molecule has 0 radical (unpaired) electrons. The van der Waals surface area contributed by atoms with Gasteiger partial charge in [0.25, 0.3) is 5.75 Å². The predicted octanol–water partition coefficient (Wildman–Crippen LogP) is 3.01. The molecule has 4 nitrogen and oxygen atoms in total. The molecule has 0 unspecified atom stereocenters. The van der Waals surface area contributed by atoms with Gasteiger partial charge in [-0.1, -0.05) is 64.7 Å². The molecule has 0 saturated carbocycles. The molecule has 0 fully saturated rings. The molecule has 1 rings (SSSR count). The summed E-state index contributed by atoms with van der Waals surface area (Å²) in [6, 6.07) is 3.36. The summed E-state index contributed by atoms with van der Waals surface area (Å²) in [7, 11) is 0. The van der Waals surface area contributed by atoms with E-state index in [1.807, 2.05) is 0 Å². The Hall–Kier alpha value is -0.650. The zero-order valence-corrected chi connectivity index (χ0v) is 15.1. The highest BCUT2D eigenvalue weighted by atomic mass is 80.0. The maximum absolute atomic E-state index is 10.7. The van der Waals surface area contributed by atoms with Gasteiger partial charge in [0, 0.05) is 6.20 Å². The Balaban J connectivity index is 2.07. The van der Waals surface area contributed by atoms with Crippen LogP contribution in [0.25, 0.3) is 0 Å². The summed E-state index contributed by atoms with van der Waals surface area (Å²) in [6.07, 6.45) is 15.3. The largest absolute Gasteiger partial charge is 0.501 e. The number of aromatic nitrogens is 1. The highest BCUT2D eigenvalue weighted by Gasteiger charge is 2.17. The Morgan fingerprint density at radius 1 is 0.955 bits per heavy atom. The Bertz CT molecular complexity index is 388. The maximum atomic E-state index is 10.7. The molecule has 0 aliphatic rings. The van der Waals surface area contributed by atoms with E-state index in [1.165, 1.54) is 51.4 Å². The van der Waals surface area contributed by atoms with E-state index in [4.69, 9.17) is 3.83 Å². The Kier molecular flexibility index (Phi) is 11.3. The van der Waals surface area contributed by atoms with Crippen molar-refractivity contribution in [3.8, 4) is 5.75 Å². The van der Waals surface area contributed by atoms with E-state index in [0.717, 1.165) is 25.0 Å². The fraction of sp³-hybridized carbons (Fsp3) is 0.706. The van der Waals surface area contributed by atoms with Crippen LogP contribution in [0.2, 0.25) is 0 Å². The molecule has 22 heavy (non-hydrogen) atoms. The highest BCUT2D eigenvalue weighted by Crippen LogP contribution is 2.19. The number of hydrogen-bond acceptors (Lipinski definition) is 4. The molecule has 1 heterocycles. The van der Waals surface area contributed by atoms with E-state index < -0.39 is 14.8 Å². The molecular weight excluding hydrogens is 346 g/mol. The lowest BCUT2D eigenvalue weighted by Gasteiger charge is -2.04. The zero-order valence-electron chi connectivity index (χ0n) is 13.6. The summed E-state index contributed by atoms with van der Waals surface area (Å²) in [5.41, 5.74) is 0.747. The number of hydrogen-bond donors (Lipinski definition) is 0. The predicted molar refractivity (Wildman–Crippen MR) is 80.4 cm³/mol. The van der Waals surface area contributed by atoms with E-state index >= 15 is 0 Å². The molecule has 0 amide bonds. The molecule has 0 aromatic carbocycles. The zero-order chi connectivity index (χ0) is 16.0. The molecule has 0 N–H and O–H groups in total. The number of aryl methyl sites for hydroxylation is 1. The van der Waals surface area contributed by atoms with Crippen molar-refractivity contribution in [1.82, 2.24) is 4.98 Å². The summed E-state index contributed by atoms with van der Waals surface area (Å²) in [5, 5.41) is 0. The van der Waals surface area contributed by atoms with Crippen molar-refractivity contribution in [2.24, 2.45) is 0 Å². The third kappa shape index (κ3) is 9.38. The average Bonchev–Trinajstić information content (AvgIpc) is 2.50. The topological polar surface area (TPSA) is 68.2 Å². The van der Waals surface area contributed by atoms with Crippen molar-refractivity contribution in [3.63, 3.8) is 0 Å². The van der Waals surface area contributed by atoms with Gasteiger partial charge in [-0.3, -0.25) is 4.98 Å². The van der Waals surface area contributed by atoms with Crippen molar-refractivity contribution < 1.29 is 27.0 Å². The number of unbranched alkanes of at least 4 members (excludes halogenated alkanes) is 9. The van der Waals surface area contributed by atoms with Crippen LogP contribution in [0.3, 0.4) is 0 Å². The second-order valence-electron chi connectivity index (χ2n) is 5.65. The minimum Gasteiger partial charge on any atom is -0.361 e. The summed E-state index contributed by atoms with van der Waals surface area (Å²) in [4.78, 5) is 4.22. The molecule has 0 aliphatic carbocycles. The second-order valence-corrected chi connectivity index (χ2v) is 6.76. The molecule has 1 aromatic heterocycles. The van der Waals surface area contributed by atoms with Crippen LogP contribution in [-0.4, -0.2) is 4.98 Å². The molecule has 126 valence electrons. The summed E-state index contributed by atoms with van der Waals surface area (Å²) in [6.45, 7) is 2.24. The summed E-state index contributed by atoms with van der Waals surface area (Å²) in [5.74, 6) is 0.387. The van der Waals surface area contributed by atoms with Crippen LogP contribution in [0.1, 0.15) is 76.8 Å². The lowest BCUT2D eigenvalue weighted by Crippen LogP contribution is -2.37. The molecule has 0 spiro atoms. The second kappa shape index (κ2) is 12.9. The molecule has 1 aromatic rings. The molecule has 0 saturated heterocycles. The van der Waals surface area contributed by atoms with E-state index in [1.54, 1.807) is 18.3 Å². The minimum atomic E-state index is -3.22. The van der Waals surface area contributed by atoms with E-state index in [-0.39, 0.29) is 0 Å². The number of rotatable bonds is 13. The number of nitrogens with zero attached hydrogens (tertiary/aromatic N) is 1. The van der Waals surface area contributed by atoms with Crippen molar-refractivity contribution >= 4 is 0 Å². The first-order chi connectivity index (χ1) is 10.7. The van der Waals surface area contributed by atoms with Crippen molar-refractivity contribution in [3.05, 3.63) is 24.0 Å². The smallest absolute Gasteiger partial charge is 0.361 e. The third-order valence-corrected chi connectivity index (χ3v) is 4.37. The summed E-state index contributed by atoms with van der Waals surface area (Å²) < 4.78 is 26.2. The van der Waals surface area contributed by atoms with Crippen molar-refractivity contribution in [2.45, 2.75) is 77.6 Å². The Labute approximate surface area is 139 Å². The normalized spacial score (nSPS) is 11.1. The van der Waals surface area contributed by atoms with Gasteiger partial charge in [0.05, 0.1) is 5.69 Å². The van der Waals surface area contributed by atoms with Gasteiger partial charge in [0.2, 0.25) is 0 Å². The van der Waals surface area contributed by atoms with Crippen LogP contribution in [0.5, 0.6) is 5.75 Å². The maximum Gasteiger partial charge on any atom is 0.501 e. The van der Waals surface area contributed by atoms with Crippen LogP contribution in [-0.2, 0) is 6.42 Å². The lowest BCUT2D eigenvalue weighted by molar-refractivity contribution is -1.62. The van der Waals surface area contributed by atoms with E-state index in [2.05, 4.69) is 11.9 Å². The molecule has 0 atom stereocenters. The number of halogens is 1. The SMILES string of the molecule is CCCCCCCCCCCCc1ncccc1O[Br+2]([O-])[O-].